The fourth-order valence-electron chi connectivity index (χ4n) is 11.6. The average molecular weight is 1250 g/mol. The first-order valence-corrected chi connectivity index (χ1v) is 32.5. The Hall–Kier alpha value is -8.15. The molecule has 0 saturated carbocycles. The maximum absolute atomic E-state index is 13.8. The molecule has 13 nitrogen and oxygen atoms in total. The van der Waals surface area contributed by atoms with Gasteiger partial charge in [0.2, 0.25) is 11.8 Å². The number of benzene rings is 8. The third kappa shape index (κ3) is 17.6. The second kappa shape index (κ2) is 35.9. The summed E-state index contributed by atoms with van der Waals surface area (Å²) in [7, 11) is 3.21. The molecule has 10 N–H and O–H groups in total. The maximum atomic E-state index is 13.8. The third-order valence-electron chi connectivity index (χ3n) is 16.3. The Morgan fingerprint density at radius 2 is 0.822 bits per heavy atom. The molecule has 0 unspecified atom stereocenters. The van der Waals surface area contributed by atoms with E-state index in [9.17, 15) is 24.0 Å². The van der Waals surface area contributed by atoms with Crippen LogP contribution >= 0.6 is 23.5 Å². The largest absolute Gasteiger partial charge is 0.449 e. The van der Waals surface area contributed by atoms with Gasteiger partial charge in [-0.3, -0.25) is 19.2 Å². The van der Waals surface area contributed by atoms with Crippen molar-refractivity contribution in [2.45, 2.75) is 79.9 Å². The summed E-state index contributed by atoms with van der Waals surface area (Å²) in [4.78, 5) is 65.7. The Morgan fingerprint density at radius 3 is 1.12 bits per heavy atom. The van der Waals surface area contributed by atoms with Crippen molar-refractivity contribution in [3.63, 3.8) is 0 Å². The summed E-state index contributed by atoms with van der Waals surface area (Å²) in [5, 5.41) is 8.31. The molecule has 2 aliphatic rings. The average Bonchev–Trinajstić information content (AvgIpc) is 0.953. The van der Waals surface area contributed by atoms with E-state index in [1.165, 1.54) is 12.8 Å². The molecule has 4 atom stereocenters. The number of hydrogen-bond acceptors (Lipinski definition) is 11. The molecular weight excluding hydrogens is 1160 g/mol. The second-order valence-corrected chi connectivity index (χ2v) is 24.4. The van der Waals surface area contributed by atoms with Crippen LogP contribution in [0.25, 0.3) is 11.1 Å². The molecule has 8 aromatic rings. The highest BCUT2D eigenvalue weighted by molar-refractivity contribution is 8.00. The zero-order valence-electron chi connectivity index (χ0n) is 52.1. The van der Waals surface area contributed by atoms with Crippen molar-refractivity contribution < 1.29 is 38.9 Å². The van der Waals surface area contributed by atoms with Gasteiger partial charge in [-0.2, -0.15) is 0 Å². The summed E-state index contributed by atoms with van der Waals surface area (Å²) >= 11 is 3.33. The number of alkyl carbamates (subject to hydrolysis) is 1. The minimum absolute atomic E-state index is 0. The van der Waals surface area contributed by atoms with Gasteiger partial charge in [0.25, 0.3) is 0 Å². The van der Waals surface area contributed by atoms with Gasteiger partial charge >= 0.3 is 6.09 Å². The summed E-state index contributed by atoms with van der Waals surface area (Å²) in [5.41, 5.74) is 17.1. The van der Waals surface area contributed by atoms with Crippen LogP contribution in [0.2, 0.25) is 0 Å². The number of thioether (sulfide) groups is 2. The molecule has 0 radical (unpaired) electrons. The van der Waals surface area contributed by atoms with Crippen LogP contribution in [0.3, 0.4) is 0 Å². The molecule has 1 aliphatic carbocycles. The fraction of sp³-hybridized carbons (Fsp3) is 0.293. The van der Waals surface area contributed by atoms with Crippen molar-refractivity contribution in [3.8, 4) is 11.1 Å². The van der Waals surface area contributed by atoms with E-state index < -0.39 is 39.5 Å². The maximum Gasteiger partial charge on any atom is 0.407 e. The van der Waals surface area contributed by atoms with Crippen molar-refractivity contribution in [3.05, 3.63) is 275 Å². The van der Waals surface area contributed by atoms with E-state index in [-0.39, 0.29) is 60.4 Å². The normalized spacial score (nSPS) is 13.6. The molecule has 8 aromatic carbocycles. The highest BCUT2D eigenvalue weighted by atomic mass is 32.2. The zero-order valence-corrected chi connectivity index (χ0v) is 53.7. The lowest BCUT2D eigenvalue weighted by atomic mass is 9.84. The minimum atomic E-state index is -0.787. The van der Waals surface area contributed by atoms with Crippen LogP contribution in [0.5, 0.6) is 0 Å². The zero-order chi connectivity index (χ0) is 62.1. The number of ether oxygens (including phenoxy) is 2. The van der Waals surface area contributed by atoms with Gasteiger partial charge in [0.15, 0.2) is 5.78 Å². The summed E-state index contributed by atoms with van der Waals surface area (Å²) in [6.07, 6.45) is 2.96. The van der Waals surface area contributed by atoms with Crippen LogP contribution in [0.15, 0.2) is 231 Å². The summed E-state index contributed by atoms with van der Waals surface area (Å²) in [6, 6.07) is 76.8. The lowest BCUT2D eigenvalue weighted by Crippen LogP contribution is -2.43. The van der Waals surface area contributed by atoms with E-state index in [0.717, 1.165) is 68.8 Å². The quantitative estimate of drug-likeness (QED) is 0.0338. The van der Waals surface area contributed by atoms with Crippen molar-refractivity contribution in [1.29, 1.82) is 0 Å². The molecule has 90 heavy (non-hydrogen) atoms. The van der Waals surface area contributed by atoms with E-state index >= 15 is 0 Å². The molecule has 1 fully saturated rings. The van der Waals surface area contributed by atoms with Crippen molar-refractivity contribution in [2.75, 3.05) is 45.4 Å². The molecule has 0 bridgehead atoms. The first-order valence-electron chi connectivity index (χ1n) is 30.5. The van der Waals surface area contributed by atoms with E-state index in [2.05, 4.69) is 113 Å². The highest BCUT2D eigenvalue weighted by Crippen LogP contribution is 2.51. The number of ketones is 2. The molecule has 3 amide bonds. The first kappa shape index (κ1) is 70.9. The number of Topliss-reactive ketones (excluding diaryl/α,β-unsaturated/α-hetero) is 2. The van der Waals surface area contributed by atoms with Gasteiger partial charge in [0, 0.05) is 57.6 Å². The minimum Gasteiger partial charge on any atom is -0.449 e. The van der Waals surface area contributed by atoms with Gasteiger partial charge in [-0.15, -0.1) is 23.5 Å². The smallest absolute Gasteiger partial charge is 0.407 e. The lowest BCUT2D eigenvalue weighted by Gasteiger charge is -2.36. The fourth-order valence-corrected chi connectivity index (χ4v) is 14.8. The van der Waals surface area contributed by atoms with Crippen molar-refractivity contribution in [1.82, 2.24) is 22.1 Å². The van der Waals surface area contributed by atoms with E-state index in [4.69, 9.17) is 15.2 Å². The van der Waals surface area contributed by atoms with Crippen LogP contribution in [0.4, 0.5) is 4.79 Å². The number of nitrogens with one attached hydrogen (secondary N) is 3. The Balaban J connectivity index is 0.000000278. The van der Waals surface area contributed by atoms with Gasteiger partial charge in [0.05, 0.1) is 33.4 Å². The van der Waals surface area contributed by atoms with E-state index in [1.807, 2.05) is 147 Å². The Morgan fingerprint density at radius 1 is 0.500 bits per heavy atom. The first-order chi connectivity index (χ1) is 43.0. The number of carbonyl (C=O) groups is 5. The molecule has 0 spiro atoms. The summed E-state index contributed by atoms with van der Waals surface area (Å²) in [5.74, 6) is -0.986. The van der Waals surface area contributed by atoms with E-state index in [0.29, 0.717) is 24.3 Å². The van der Waals surface area contributed by atoms with Gasteiger partial charge in [-0.05, 0) is 81.3 Å². The molecule has 1 aliphatic heterocycles. The predicted octanol–water partition coefficient (Wildman–Crippen LogP) is 13.3. The molecule has 10 rings (SSSR count). The summed E-state index contributed by atoms with van der Waals surface area (Å²) in [6.45, 7) is 5.89. The third-order valence-corrected chi connectivity index (χ3v) is 19.7. The Labute approximate surface area is 540 Å². The number of amides is 3. The van der Waals surface area contributed by atoms with Crippen molar-refractivity contribution in [2.24, 2.45) is 17.6 Å². The number of fused-ring (bicyclic) bond motifs is 3. The van der Waals surface area contributed by atoms with Gasteiger partial charge < -0.3 is 42.8 Å². The number of carbonyl (C=O) groups excluding carboxylic acids is 5. The second-order valence-electron chi connectivity index (χ2n) is 21.9. The van der Waals surface area contributed by atoms with Crippen LogP contribution in [0.1, 0.15) is 103 Å². The topological polar surface area (TPSA) is 232 Å². The number of nitrogens with two attached hydrogens (primary N) is 1. The standard InChI is InChI=1S/C43H42N2O4S.C28H32N2O2S.C4H8O.H3N.H2O/c1-3-39(45-42(48)49-28-38-36-25-15-13-23-34(36)35-24-14-16-26-37(35)38)40(46)27-30(41(47)44-2)29-50-43(31-17-7-4-8-18-31,32-19-9-5-10-20-32)33-21-11-6-12-22-33;1-3-25(29)26(31)19-21(27(32)30-2)20-33-28(22-13-7-4-8-14-22,23-15-9-5-10-16-23)24-17-11-6-12-18-24;1-2-4-5-3-1;;/h4-26,30,38-39H,3,27-29H2,1-2H3,(H,44,47)(H,45,48);4-18,21,25H,3,19-20,29H2,1-2H3,(H,30,32);1-4H2;1H3;1H2/t30-,39-;21-,25-;;;/m11.../s1. The Bertz CT molecular complexity index is 3230. The van der Waals surface area contributed by atoms with Gasteiger partial charge in [-0.25, -0.2) is 4.79 Å². The monoisotopic (exact) mass is 1250 g/mol. The molecular formula is C75H87N5O8S2. The molecule has 0 aromatic heterocycles. The molecule has 1 heterocycles. The number of hydrogen-bond donors (Lipinski definition) is 5. The molecule has 472 valence electrons. The van der Waals surface area contributed by atoms with Crippen molar-refractivity contribution >= 4 is 53.0 Å². The Kier molecular flexibility index (Phi) is 28.3. The molecule has 15 heteroatoms. The van der Waals surface area contributed by atoms with Crippen LogP contribution in [-0.4, -0.2) is 92.5 Å². The predicted molar refractivity (Wildman–Crippen MR) is 367 cm³/mol. The molecule has 1 saturated heterocycles. The SMILES string of the molecule is C1CCOC1.CC[C@@H](N)C(=O)C[C@H](CSC(c1ccccc1)(c1ccccc1)c1ccccc1)C(=O)NC.CC[C@@H](NC(=O)OCC1c2ccccc2-c2ccccc21)C(=O)C[C@H](CSC(c1ccccc1)(c1ccccc1)c1ccccc1)C(=O)NC.N.O. The van der Waals surface area contributed by atoms with E-state index in [1.54, 1.807) is 37.6 Å². The van der Waals surface area contributed by atoms with Gasteiger partial charge in [0.1, 0.15) is 12.4 Å². The van der Waals surface area contributed by atoms with Crippen LogP contribution < -0.4 is 27.8 Å². The highest BCUT2D eigenvalue weighted by Gasteiger charge is 2.41. The summed E-state index contributed by atoms with van der Waals surface area (Å²) < 4.78 is 9.52. The van der Waals surface area contributed by atoms with Crippen LogP contribution in [-0.2, 0) is 38.1 Å². The van der Waals surface area contributed by atoms with Crippen LogP contribution in [0, 0.1) is 11.8 Å². The lowest BCUT2D eigenvalue weighted by molar-refractivity contribution is -0.129. The number of rotatable bonds is 25. The van der Waals surface area contributed by atoms with Gasteiger partial charge in [-0.1, -0.05) is 244 Å².